The smallest absolute Gasteiger partial charge is 0.321 e. The van der Waals surface area contributed by atoms with E-state index in [-0.39, 0.29) is 11.7 Å². The van der Waals surface area contributed by atoms with Gasteiger partial charge in [-0.05, 0) is 17.7 Å². The molecule has 10 heteroatoms. The van der Waals surface area contributed by atoms with Crippen LogP contribution in [0.1, 0.15) is 5.56 Å². The second-order valence-corrected chi connectivity index (χ2v) is 6.69. The van der Waals surface area contributed by atoms with Crippen LogP contribution in [0.15, 0.2) is 28.6 Å². The Bertz CT molecular complexity index is 690. The van der Waals surface area contributed by atoms with E-state index >= 15 is 0 Å². The molecule has 0 saturated heterocycles. The van der Waals surface area contributed by atoms with Crippen LogP contribution >= 0.6 is 23.1 Å². The molecule has 0 spiro atoms. The van der Waals surface area contributed by atoms with Crippen LogP contribution in [-0.2, 0) is 11.3 Å². The van der Waals surface area contributed by atoms with Crippen molar-refractivity contribution in [2.45, 2.75) is 10.9 Å². The van der Waals surface area contributed by atoms with Crippen molar-refractivity contribution in [2.75, 3.05) is 25.2 Å². The highest BCUT2D eigenvalue weighted by Gasteiger charge is 2.10. The normalized spacial score (nSPS) is 10.1. The maximum absolute atomic E-state index is 11.5. The topological polar surface area (TPSA) is 105 Å². The average Bonchev–Trinajstić information content (AvgIpc) is 3.06. The van der Waals surface area contributed by atoms with Crippen LogP contribution in [0.5, 0.6) is 5.75 Å². The minimum atomic E-state index is -0.528. The maximum Gasteiger partial charge on any atom is 0.321 e. The Morgan fingerprint density at radius 3 is 2.67 bits per heavy atom. The van der Waals surface area contributed by atoms with Crippen LogP contribution in [0.4, 0.5) is 9.93 Å². The van der Waals surface area contributed by atoms with Gasteiger partial charge in [-0.1, -0.05) is 35.2 Å². The maximum atomic E-state index is 11.5. The highest BCUT2D eigenvalue weighted by atomic mass is 32.2. The molecule has 1 aromatic carbocycles. The highest BCUT2D eigenvalue weighted by Crippen LogP contribution is 2.25. The van der Waals surface area contributed by atoms with E-state index in [1.165, 1.54) is 30.1 Å². The van der Waals surface area contributed by atoms with E-state index in [1.807, 2.05) is 24.3 Å². The Morgan fingerprint density at radius 2 is 2.00 bits per heavy atom. The number of amides is 3. The zero-order chi connectivity index (χ0) is 17.4. The summed E-state index contributed by atoms with van der Waals surface area (Å²) in [4.78, 5) is 22.5. The number of rotatable bonds is 7. The number of imide groups is 1. The van der Waals surface area contributed by atoms with Gasteiger partial charge in [0.1, 0.15) is 5.75 Å². The summed E-state index contributed by atoms with van der Waals surface area (Å²) >= 11 is 2.58. The number of nitrogens with one attached hydrogen (secondary N) is 3. The SMILES string of the molecule is CNC(=O)NC(=O)CSc1nnc(NCc2ccc(OC)cc2)s1. The van der Waals surface area contributed by atoms with Crippen molar-refractivity contribution >= 4 is 40.2 Å². The van der Waals surface area contributed by atoms with Gasteiger partial charge >= 0.3 is 6.03 Å². The van der Waals surface area contributed by atoms with Crippen LogP contribution in [0.25, 0.3) is 0 Å². The first kappa shape index (κ1) is 18.0. The Morgan fingerprint density at radius 1 is 1.25 bits per heavy atom. The number of anilines is 1. The molecule has 0 bridgehead atoms. The molecule has 24 heavy (non-hydrogen) atoms. The van der Waals surface area contributed by atoms with E-state index in [9.17, 15) is 9.59 Å². The van der Waals surface area contributed by atoms with Crippen LogP contribution in [0.3, 0.4) is 0 Å². The van der Waals surface area contributed by atoms with Crippen LogP contribution in [0.2, 0.25) is 0 Å². The van der Waals surface area contributed by atoms with Crippen molar-refractivity contribution in [3.8, 4) is 5.75 Å². The largest absolute Gasteiger partial charge is 0.497 e. The summed E-state index contributed by atoms with van der Waals surface area (Å²) in [6, 6.07) is 7.18. The lowest BCUT2D eigenvalue weighted by Crippen LogP contribution is -2.38. The summed E-state index contributed by atoms with van der Waals surface area (Å²) in [6.45, 7) is 0.612. The fourth-order valence-corrected chi connectivity index (χ4v) is 3.16. The first-order chi connectivity index (χ1) is 11.6. The molecule has 0 aliphatic carbocycles. The Kier molecular flexibility index (Phi) is 6.82. The van der Waals surface area contributed by atoms with Crippen molar-refractivity contribution in [3.63, 3.8) is 0 Å². The third-order valence-electron chi connectivity index (χ3n) is 2.82. The number of ether oxygens (including phenoxy) is 1. The lowest BCUT2D eigenvalue weighted by molar-refractivity contribution is -0.117. The standard InChI is InChI=1S/C14H17N5O3S2/c1-15-12(21)17-11(20)8-23-14-19-18-13(24-14)16-7-9-3-5-10(22-2)6-4-9/h3-6H,7-8H2,1-2H3,(H,16,18)(H2,15,17,20,21). The van der Waals surface area contributed by atoms with Gasteiger partial charge in [0.15, 0.2) is 4.34 Å². The number of hydrogen-bond donors (Lipinski definition) is 3. The van der Waals surface area contributed by atoms with E-state index in [0.29, 0.717) is 16.0 Å². The van der Waals surface area contributed by atoms with Crippen molar-refractivity contribution in [1.82, 2.24) is 20.8 Å². The first-order valence-electron chi connectivity index (χ1n) is 6.95. The second-order valence-electron chi connectivity index (χ2n) is 4.49. The molecular weight excluding hydrogens is 350 g/mol. The quantitative estimate of drug-likeness (QED) is 0.640. The molecule has 2 rings (SSSR count). The number of nitrogens with zero attached hydrogens (tertiary/aromatic N) is 2. The molecule has 0 aliphatic rings. The predicted molar refractivity (Wildman–Crippen MR) is 93.6 cm³/mol. The Hall–Kier alpha value is -2.33. The summed E-state index contributed by atoms with van der Waals surface area (Å²) in [6.07, 6.45) is 0. The molecule has 3 N–H and O–H groups in total. The van der Waals surface area contributed by atoms with Crippen LogP contribution < -0.4 is 20.7 Å². The first-order valence-corrected chi connectivity index (χ1v) is 8.75. The van der Waals surface area contributed by atoms with Crippen molar-refractivity contribution in [2.24, 2.45) is 0 Å². The fraction of sp³-hybridized carbons (Fsp3) is 0.286. The number of carbonyl (C=O) groups is 2. The zero-order valence-electron chi connectivity index (χ0n) is 13.2. The second kappa shape index (κ2) is 9.08. The average molecular weight is 367 g/mol. The summed E-state index contributed by atoms with van der Waals surface area (Å²) in [5.74, 6) is 0.520. The van der Waals surface area contributed by atoms with Gasteiger partial charge in [-0.15, -0.1) is 10.2 Å². The zero-order valence-corrected chi connectivity index (χ0v) is 14.8. The number of hydrogen-bond acceptors (Lipinski definition) is 8. The molecule has 1 heterocycles. The monoisotopic (exact) mass is 367 g/mol. The molecule has 2 aromatic rings. The predicted octanol–water partition coefficient (Wildman–Crippen LogP) is 1.71. The molecule has 0 atom stereocenters. The van der Waals surface area contributed by atoms with Crippen LogP contribution in [0, 0.1) is 0 Å². The van der Waals surface area contributed by atoms with Crippen molar-refractivity contribution in [1.29, 1.82) is 0 Å². The van der Waals surface area contributed by atoms with Gasteiger partial charge in [-0.2, -0.15) is 0 Å². The summed E-state index contributed by atoms with van der Waals surface area (Å²) in [5.41, 5.74) is 1.09. The summed E-state index contributed by atoms with van der Waals surface area (Å²) in [7, 11) is 3.07. The molecule has 0 aliphatic heterocycles. The van der Waals surface area contributed by atoms with Gasteiger partial charge in [0, 0.05) is 13.6 Å². The third-order valence-corrected chi connectivity index (χ3v) is 4.83. The van der Waals surface area contributed by atoms with E-state index in [1.54, 1.807) is 7.11 Å². The minimum absolute atomic E-state index is 0.0978. The minimum Gasteiger partial charge on any atom is -0.497 e. The van der Waals surface area contributed by atoms with Crippen LogP contribution in [-0.4, -0.2) is 42.0 Å². The number of thioether (sulfide) groups is 1. The molecule has 1 aromatic heterocycles. The third kappa shape index (κ3) is 5.70. The van der Waals surface area contributed by atoms with Crippen molar-refractivity contribution in [3.05, 3.63) is 29.8 Å². The summed E-state index contributed by atoms with van der Waals surface area (Å²) < 4.78 is 5.76. The number of benzene rings is 1. The fourth-order valence-electron chi connectivity index (χ4n) is 1.61. The molecule has 0 radical (unpaired) electrons. The molecule has 3 amide bonds. The molecular formula is C14H17N5O3S2. The molecule has 0 saturated carbocycles. The molecule has 0 unspecified atom stereocenters. The van der Waals surface area contributed by atoms with Gasteiger partial charge in [0.05, 0.1) is 12.9 Å². The Balaban J connectivity index is 1.78. The lowest BCUT2D eigenvalue weighted by atomic mass is 10.2. The van der Waals surface area contributed by atoms with E-state index in [2.05, 4.69) is 26.1 Å². The number of carbonyl (C=O) groups excluding carboxylic acids is 2. The van der Waals surface area contributed by atoms with E-state index in [0.717, 1.165) is 11.3 Å². The highest BCUT2D eigenvalue weighted by molar-refractivity contribution is 8.01. The lowest BCUT2D eigenvalue weighted by Gasteiger charge is -2.03. The summed E-state index contributed by atoms with van der Waals surface area (Å²) in [5, 5.41) is 16.4. The van der Waals surface area contributed by atoms with Gasteiger partial charge in [0.25, 0.3) is 0 Å². The van der Waals surface area contributed by atoms with Gasteiger partial charge < -0.3 is 15.4 Å². The van der Waals surface area contributed by atoms with Gasteiger partial charge in [0.2, 0.25) is 11.0 Å². The molecule has 128 valence electrons. The van der Waals surface area contributed by atoms with Crippen molar-refractivity contribution < 1.29 is 14.3 Å². The number of urea groups is 1. The number of aromatic nitrogens is 2. The van der Waals surface area contributed by atoms with Gasteiger partial charge in [-0.3, -0.25) is 10.1 Å². The number of methoxy groups -OCH3 is 1. The van der Waals surface area contributed by atoms with E-state index < -0.39 is 6.03 Å². The van der Waals surface area contributed by atoms with E-state index in [4.69, 9.17) is 4.74 Å². The Labute approximate surface area is 147 Å². The molecule has 0 fully saturated rings. The molecule has 8 nitrogen and oxygen atoms in total. The van der Waals surface area contributed by atoms with Gasteiger partial charge in [-0.25, -0.2) is 4.79 Å².